The lowest BCUT2D eigenvalue weighted by molar-refractivity contribution is 0.0958. The van der Waals surface area contributed by atoms with E-state index in [2.05, 4.69) is 17.6 Å². The van der Waals surface area contributed by atoms with Gasteiger partial charge in [-0.3, -0.25) is 4.79 Å². The molecule has 0 spiro atoms. The molecule has 1 aromatic rings. The lowest BCUT2D eigenvalue weighted by atomic mass is 10.3. The van der Waals surface area contributed by atoms with Crippen molar-refractivity contribution in [3.8, 4) is 0 Å². The fourth-order valence-corrected chi connectivity index (χ4v) is 4.61. The molecule has 2 atom stereocenters. The second-order valence-corrected chi connectivity index (χ2v) is 8.47. The molecule has 1 saturated carbocycles. The molecular weight excluding hydrogens is 310 g/mol. The zero-order valence-corrected chi connectivity index (χ0v) is 14.0. The minimum absolute atomic E-state index is 0.0481. The minimum atomic E-state index is -3.49. The molecule has 1 heterocycles. The summed E-state index contributed by atoms with van der Waals surface area (Å²) in [5, 5.41) is 6.40. The van der Waals surface area contributed by atoms with Gasteiger partial charge in [0.05, 0.1) is 5.69 Å². The molecule has 4 N–H and O–H groups in total. The van der Waals surface area contributed by atoms with Crippen LogP contribution in [0.5, 0.6) is 0 Å². The van der Waals surface area contributed by atoms with E-state index in [9.17, 15) is 13.2 Å². The predicted octanol–water partition coefficient (Wildman–Crippen LogP) is 1.69. The van der Waals surface area contributed by atoms with E-state index in [-0.39, 0.29) is 27.4 Å². The Kier molecular flexibility index (Phi) is 4.48. The number of anilines is 2. The average molecular weight is 331 g/mol. The number of hydrogen-bond acceptors (Lipinski definition) is 6. The molecule has 0 aliphatic heterocycles. The number of nitrogens with two attached hydrogens (primary N) is 1. The summed E-state index contributed by atoms with van der Waals surface area (Å²) in [7, 11) is -3.49. The molecule has 0 radical (unpaired) electrons. The first-order valence-corrected chi connectivity index (χ1v) is 9.63. The fourth-order valence-electron chi connectivity index (χ4n) is 2.07. The van der Waals surface area contributed by atoms with Gasteiger partial charge in [-0.2, -0.15) is 0 Å². The number of nitrogen functional groups attached to an aromatic ring is 1. The summed E-state index contributed by atoms with van der Waals surface area (Å²) in [5.74, 6) is 0.194. The molecule has 1 fully saturated rings. The molecule has 1 aliphatic rings. The van der Waals surface area contributed by atoms with Crippen LogP contribution in [0.25, 0.3) is 0 Å². The minimum Gasteiger partial charge on any atom is -0.396 e. The Labute approximate surface area is 129 Å². The number of carbonyl (C=O) groups is 1. The molecule has 1 amide bonds. The van der Waals surface area contributed by atoms with Crippen LogP contribution in [-0.4, -0.2) is 33.2 Å². The second kappa shape index (κ2) is 5.84. The largest absolute Gasteiger partial charge is 0.396 e. The molecule has 8 heteroatoms. The van der Waals surface area contributed by atoms with Crippen molar-refractivity contribution in [1.29, 1.82) is 0 Å². The highest BCUT2D eigenvalue weighted by atomic mass is 32.2. The van der Waals surface area contributed by atoms with Crippen LogP contribution in [-0.2, 0) is 9.84 Å². The maximum absolute atomic E-state index is 12.1. The van der Waals surface area contributed by atoms with E-state index in [0.717, 1.165) is 30.4 Å². The summed E-state index contributed by atoms with van der Waals surface area (Å²) in [6, 6.07) is 0.259. The van der Waals surface area contributed by atoms with Gasteiger partial charge < -0.3 is 16.4 Å². The van der Waals surface area contributed by atoms with Crippen LogP contribution in [0.4, 0.5) is 10.7 Å². The molecule has 1 aliphatic carbocycles. The number of thiophene rings is 1. The lowest BCUT2D eigenvalue weighted by Crippen LogP contribution is -2.24. The van der Waals surface area contributed by atoms with Crippen molar-refractivity contribution in [3.05, 3.63) is 4.88 Å². The van der Waals surface area contributed by atoms with E-state index >= 15 is 0 Å². The van der Waals surface area contributed by atoms with Crippen LogP contribution in [0.15, 0.2) is 4.90 Å². The second-order valence-electron chi connectivity index (χ2n) is 5.49. The van der Waals surface area contributed by atoms with Gasteiger partial charge in [-0.05, 0) is 18.8 Å². The molecule has 2 unspecified atom stereocenters. The van der Waals surface area contributed by atoms with Gasteiger partial charge in [0, 0.05) is 18.8 Å². The standard InChI is InChI=1S/C13H21N3O3S2/c1-4-5-15-12(17)10-9(14)11(21(3,18)19)13(20-10)16-8-6-7(8)2/h7-8,16H,4-6,14H2,1-3H3,(H,15,17). The van der Waals surface area contributed by atoms with Gasteiger partial charge in [0.15, 0.2) is 9.84 Å². The smallest absolute Gasteiger partial charge is 0.263 e. The van der Waals surface area contributed by atoms with Crippen LogP contribution in [0, 0.1) is 5.92 Å². The maximum Gasteiger partial charge on any atom is 0.263 e. The maximum atomic E-state index is 12.1. The highest BCUT2D eigenvalue weighted by molar-refractivity contribution is 7.91. The monoisotopic (exact) mass is 331 g/mol. The summed E-state index contributed by atoms with van der Waals surface area (Å²) in [6.45, 7) is 4.57. The van der Waals surface area contributed by atoms with Crippen LogP contribution >= 0.6 is 11.3 Å². The van der Waals surface area contributed by atoms with Crippen molar-refractivity contribution in [1.82, 2.24) is 5.32 Å². The third kappa shape index (κ3) is 3.49. The lowest BCUT2D eigenvalue weighted by Gasteiger charge is -2.05. The summed E-state index contributed by atoms with van der Waals surface area (Å²) < 4.78 is 23.9. The Morgan fingerprint density at radius 2 is 2.10 bits per heavy atom. The van der Waals surface area contributed by atoms with Gasteiger partial charge in [-0.25, -0.2) is 8.42 Å². The topological polar surface area (TPSA) is 101 Å². The molecular formula is C13H21N3O3S2. The number of rotatable bonds is 6. The van der Waals surface area contributed by atoms with E-state index in [1.54, 1.807) is 0 Å². The molecule has 118 valence electrons. The van der Waals surface area contributed by atoms with E-state index < -0.39 is 9.84 Å². The van der Waals surface area contributed by atoms with Crippen LogP contribution in [0.1, 0.15) is 36.4 Å². The Morgan fingerprint density at radius 3 is 2.57 bits per heavy atom. The van der Waals surface area contributed by atoms with Crippen molar-refractivity contribution in [2.24, 2.45) is 5.92 Å². The van der Waals surface area contributed by atoms with Crippen molar-refractivity contribution in [3.63, 3.8) is 0 Å². The third-order valence-corrected chi connectivity index (χ3v) is 5.87. The van der Waals surface area contributed by atoms with Crippen molar-refractivity contribution in [2.75, 3.05) is 23.9 Å². The predicted molar refractivity (Wildman–Crippen MR) is 85.7 cm³/mol. The summed E-state index contributed by atoms with van der Waals surface area (Å²) in [5.41, 5.74) is 5.97. The molecule has 21 heavy (non-hydrogen) atoms. The first-order valence-electron chi connectivity index (χ1n) is 6.92. The molecule has 6 nitrogen and oxygen atoms in total. The summed E-state index contributed by atoms with van der Waals surface area (Å²) in [4.78, 5) is 12.4. The van der Waals surface area contributed by atoms with Gasteiger partial charge in [-0.1, -0.05) is 13.8 Å². The zero-order chi connectivity index (χ0) is 15.8. The van der Waals surface area contributed by atoms with Gasteiger partial charge in [0.1, 0.15) is 14.8 Å². The highest BCUT2D eigenvalue weighted by Gasteiger charge is 2.35. The zero-order valence-electron chi connectivity index (χ0n) is 12.4. The van der Waals surface area contributed by atoms with Crippen LogP contribution in [0.3, 0.4) is 0 Å². The Morgan fingerprint density at radius 1 is 1.48 bits per heavy atom. The fraction of sp³-hybridized carbons (Fsp3) is 0.615. The highest BCUT2D eigenvalue weighted by Crippen LogP contribution is 2.42. The SMILES string of the molecule is CCCNC(=O)c1sc(NC2CC2C)c(S(C)(=O)=O)c1N. The Bertz CT molecular complexity index is 652. The van der Waals surface area contributed by atoms with Gasteiger partial charge in [-0.15, -0.1) is 11.3 Å². The van der Waals surface area contributed by atoms with Crippen molar-refractivity contribution >= 4 is 37.8 Å². The third-order valence-electron chi connectivity index (χ3n) is 3.44. The van der Waals surface area contributed by atoms with E-state index in [1.807, 2.05) is 6.92 Å². The number of sulfone groups is 1. The molecule has 2 rings (SSSR count). The first-order chi connectivity index (χ1) is 9.75. The average Bonchev–Trinajstić information content (AvgIpc) is 2.94. The molecule has 0 aromatic carbocycles. The summed E-state index contributed by atoms with van der Waals surface area (Å²) in [6.07, 6.45) is 2.92. The van der Waals surface area contributed by atoms with E-state index in [4.69, 9.17) is 5.73 Å². The van der Waals surface area contributed by atoms with Gasteiger partial charge >= 0.3 is 0 Å². The van der Waals surface area contributed by atoms with Crippen molar-refractivity contribution in [2.45, 2.75) is 37.6 Å². The summed E-state index contributed by atoms with van der Waals surface area (Å²) >= 11 is 1.11. The number of carbonyl (C=O) groups excluding carboxylic acids is 1. The Hall–Kier alpha value is -1.28. The molecule has 1 aromatic heterocycles. The van der Waals surface area contributed by atoms with Gasteiger partial charge in [0.25, 0.3) is 5.91 Å². The van der Waals surface area contributed by atoms with Gasteiger partial charge in [0.2, 0.25) is 0 Å². The van der Waals surface area contributed by atoms with Crippen molar-refractivity contribution < 1.29 is 13.2 Å². The normalized spacial score (nSPS) is 21.1. The Balaban J connectivity index is 2.37. The number of nitrogens with one attached hydrogen (secondary N) is 2. The number of amides is 1. The quantitative estimate of drug-likeness (QED) is 0.736. The molecule has 0 bridgehead atoms. The molecule has 0 saturated heterocycles. The van der Waals surface area contributed by atoms with Crippen LogP contribution < -0.4 is 16.4 Å². The van der Waals surface area contributed by atoms with Crippen LogP contribution in [0.2, 0.25) is 0 Å². The van der Waals surface area contributed by atoms with E-state index in [0.29, 0.717) is 17.5 Å². The number of hydrogen-bond donors (Lipinski definition) is 3. The first kappa shape index (κ1) is 16.1. The van der Waals surface area contributed by atoms with E-state index in [1.165, 1.54) is 0 Å².